The SMILES string of the molecule is Cc1cc(C(C)NC(C)C2CCC2)c(C)o1. The zero-order chi connectivity index (χ0) is 11.7. The Hall–Kier alpha value is -0.760. The van der Waals surface area contributed by atoms with E-state index in [0.29, 0.717) is 12.1 Å². The molecule has 0 aliphatic heterocycles. The summed E-state index contributed by atoms with van der Waals surface area (Å²) in [5.41, 5.74) is 1.31. The summed E-state index contributed by atoms with van der Waals surface area (Å²) in [5.74, 6) is 2.95. The lowest BCUT2D eigenvalue weighted by Gasteiger charge is -2.33. The fourth-order valence-corrected chi connectivity index (χ4v) is 2.64. The highest BCUT2D eigenvalue weighted by atomic mass is 16.3. The number of hydrogen-bond acceptors (Lipinski definition) is 2. The van der Waals surface area contributed by atoms with E-state index in [1.54, 1.807) is 0 Å². The monoisotopic (exact) mass is 221 g/mol. The molecule has 0 saturated heterocycles. The summed E-state index contributed by atoms with van der Waals surface area (Å²) >= 11 is 0. The Morgan fingerprint density at radius 1 is 1.31 bits per heavy atom. The van der Waals surface area contributed by atoms with Crippen LogP contribution in [0.15, 0.2) is 10.5 Å². The first-order valence-electron chi connectivity index (χ1n) is 6.41. The third kappa shape index (κ3) is 2.32. The second-order valence-corrected chi connectivity index (χ2v) is 5.24. The Bertz CT molecular complexity index is 352. The molecule has 1 fully saturated rings. The maximum Gasteiger partial charge on any atom is 0.105 e. The van der Waals surface area contributed by atoms with Gasteiger partial charge in [-0.05, 0) is 52.5 Å². The summed E-state index contributed by atoms with van der Waals surface area (Å²) in [4.78, 5) is 0. The van der Waals surface area contributed by atoms with Gasteiger partial charge in [0.1, 0.15) is 11.5 Å². The highest BCUT2D eigenvalue weighted by Gasteiger charge is 2.25. The molecule has 2 nitrogen and oxygen atoms in total. The van der Waals surface area contributed by atoms with Crippen LogP contribution in [0.4, 0.5) is 0 Å². The Kier molecular flexibility index (Phi) is 3.38. The summed E-state index contributed by atoms with van der Waals surface area (Å²) in [6.07, 6.45) is 4.20. The van der Waals surface area contributed by atoms with Crippen LogP contribution in [-0.4, -0.2) is 6.04 Å². The Morgan fingerprint density at radius 2 is 2.00 bits per heavy atom. The molecule has 2 heteroatoms. The standard InChI is InChI=1S/C14H23NO/c1-9-8-14(12(4)16-9)11(3)15-10(2)13-6-5-7-13/h8,10-11,13,15H,5-7H2,1-4H3. The number of rotatable bonds is 4. The summed E-state index contributed by atoms with van der Waals surface area (Å²) in [7, 11) is 0. The average molecular weight is 221 g/mol. The Labute approximate surface area is 98.4 Å². The molecule has 16 heavy (non-hydrogen) atoms. The van der Waals surface area contributed by atoms with E-state index in [1.807, 2.05) is 6.92 Å². The molecule has 1 aliphatic carbocycles. The van der Waals surface area contributed by atoms with E-state index < -0.39 is 0 Å². The maximum absolute atomic E-state index is 5.58. The van der Waals surface area contributed by atoms with Gasteiger partial charge in [-0.2, -0.15) is 0 Å². The van der Waals surface area contributed by atoms with Gasteiger partial charge in [-0.1, -0.05) is 6.42 Å². The van der Waals surface area contributed by atoms with E-state index in [0.717, 1.165) is 17.4 Å². The molecule has 90 valence electrons. The minimum absolute atomic E-state index is 0.396. The van der Waals surface area contributed by atoms with E-state index in [4.69, 9.17) is 4.42 Å². The van der Waals surface area contributed by atoms with Gasteiger partial charge < -0.3 is 9.73 Å². The summed E-state index contributed by atoms with van der Waals surface area (Å²) in [6.45, 7) is 8.60. The molecule has 1 aromatic rings. The minimum Gasteiger partial charge on any atom is -0.466 e. The lowest BCUT2D eigenvalue weighted by Crippen LogP contribution is -2.38. The van der Waals surface area contributed by atoms with Gasteiger partial charge in [0.15, 0.2) is 0 Å². The molecule has 0 radical (unpaired) electrons. The van der Waals surface area contributed by atoms with Crippen molar-refractivity contribution in [2.45, 2.75) is 59.0 Å². The third-order valence-corrected chi connectivity index (χ3v) is 3.92. The van der Waals surface area contributed by atoms with Crippen LogP contribution >= 0.6 is 0 Å². The second kappa shape index (κ2) is 4.62. The summed E-state index contributed by atoms with van der Waals surface area (Å²) in [6, 6.07) is 3.17. The molecule has 2 atom stereocenters. The Balaban J connectivity index is 1.96. The van der Waals surface area contributed by atoms with E-state index >= 15 is 0 Å². The molecule has 1 saturated carbocycles. The van der Waals surface area contributed by atoms with Crippen LogP contribution in [0.3, 0.4) is 0 Å². The van der Waals surface area contributed by atoms with E-state index in [1.165, 1.54) is 24.8 Å². The smallest absolute Gasteiger partial charge is 0.105 e. The fraction of sp³-hybridized carbons (Fsp3) is 0.714. The first-order chi connectivity index (χ1) is 7.58. The van der Waals surface area contributed by atoms with Crippen LogP contribution in [0.2, 0.25) is 0 Å². The minimum atomic E-state index is 0.396. The van der Waals surface area contributed by atoms with Gasteiger partial charge >= 0.3 is 0 Å². The molecule has 1 N–H and O–H groups in total. The van der Waals surface area contributed by atoms with Crippen LogP contribution in [0.25, 0.3) is 0 Å². The van der Waals surface area contributed by atoms with Crippen molar-refractivity contribution in [3.8, 4) is 0 Å². The largest absolute Gasteiger partial charge is 0.466 e. The normalized spacial score (nSPS) is 20.5. The van der Waals surface area contributed by atoms with Gasteiger partial charge in [0.2, 0.25) is 0 Å². The third-order valence-electron chi connectivity index (χ3n) is 3.92. The van der Waals surface area contributed by atoms with Crippen LogP contribution in [-0.2, 0) is 0 Å². The van der Waals surface area contributed by atoms with E-state index in [-0.39, 0.29) is 0 Å². The predicted molar refractivity (Wildman–Crippen MR) is 66.5 cm³/mol. The lowest BCUT2D eigenvalue weighted by molar-refractivity contribution is 0.229. The maximum atomic E-state index is 5.58. The molecule has 0 spiro atoms. The summed E-state index contributed by atoms with van der Waals surface area (Å²) in [5, 5.41) is 3.69. The molecular formula is C14H23NO. The van der Waals surface area contributed by atoms with Crippen LogP contribution < -0.4 is 5.32 Å². The van der Waals surface area contributed by atoms with Gasteiger partial charge in [0.05, 0.1) is 0 Å². The highest BCUT2D eigenvalue weighted by molar-refractivity contribution is 5.23. The van der Waals surface area contributed by atoms with Crippen molar-refractivity contribution in [3.05, 3.63) is 23.2 Å². The Morgan fingerprint density at radius 3 is 2.44 bits per heavy atom. The average Bonchev–Trinajstić information content (AvgIpc) is 2.41. The van der Waals surface area contributed by atoms with Gasteiger partial charge in [0.25, 0.3) is 0 Å². The molecule has 0 amide bonds. The molecule has 0 bridgehead atoms. The molecular weight excluding hydrogens is 198 g/mol. The van der Waals surface area contributed by atoms with Crippen LogP contribution in [0, 0.1) is 19.8 Å². The number of nitrogens with one attached hydrogen (secondary N) is 1. The molecule has 2 rings (SSSR count). The lowest BCUT2D eigenvalue weighted by atomic mass is 9.80. The number of furan rings is 1. The van der Waals surface area contributed by atoms with E-state index in [2.05, 4.69) is 32.2 Å². The molecule has 1 aliphatic rings. The predicted octanol–water partition coefficient (Wildman–Crippen LogP) is 3.74. The van der Waals surface area contributed by atoms with Crippen LogP contribution in [0.1, 0.15) is 56.2 Å². The van der Waals surface area contributed by atoms with Crippen molar-refractivity contribution in [2.75, 3.05) is 0 Å². The quantitative estimate of drug-likeness (QED) is 0.838. The van der Waals surface area contributed by atoms with Gasteiger partial charge in [-0.3, -0.25) is 0 Å². The van der Waals surface area contributed by atoms with Crippen molar-refractivity contribution in [3.63, 3.8) is 0 Å². The van der Waals surface area contributed by atoms with Gasteiger partial charge in [-0.15, -0.1) is 0 Å². The van der Waals surface area contributed by atoms with Crippen molar-refractivity contribution in [1.29, 1.82) is 0 Å². The van der Waals surface area contributed by atoms with Crippen molar-refractivity contribution < 1.29 is 4.42 Å². The molecule has 1 heterocycles. The molecule has 0 aromatic carbocycles. The first-order valence-corrected chi connectivity index (χ1v) is 6.41. The first kappa shape index (κ1) is 11.7. The van der Waals surface area contributed by atoms with Crippen molar-refractivity contribution in [1.82, 2.24) is 5.32 Å². The highest BCUT2D eigenvalue weighted by Crippen LogP contribution is 2.31. The summed E-state index contributed by atoms with van der Waals surface area (Å²) < 4.78 is 5.58. The number of hydrogen-bond donors (Lipinski definition) is 1. The second-order valence-electron chi connectivity index (χ2n) is 5.24. The zero-order valence-corrected chi connectivity index (χ0v) is 10.8. The zero-order valence-electron chi connectivity index (χ0n) is 10.8. The van der Waals surface area contributed by atoms with Gasteiger partial charge in [-0.25, -0.2) is 0 Å². The fourth-order valence-electron chi connectivity index (χ4n) is 2.64. The van der Waals surface area contributed by atoms with Crippen molar-refractivity contribution >= 4 is 0 Å². The van der Waals surface area contributed by atoms with E-state index in [9.17, 15) is 0 Å². The number of aryl methyl sites for hydroxylation is 2. The topological polar surface area (TPSA) is 25.2 Å². The molecule has 2 unspecified atom stereocenters. The molecule has 1 aromatic heterocycles. The van der Waals surface area contributed by atoms with Gasteiger partial charge in [0, 0.05) is 17.6 Å². The van der Waals surface area contributed by atoms with Crippen molar-refractivity contribution in [2.24, 2.45) is 5.92 Å². The van der Waals surface area contributed by atoms with Crippen LogP contribution in [0.5, 0.6) is 0 Å².